The Morgan fingerprint density at radius 1 is 1.43 bits per heavy atom. The number of esters is 1. The normalized spacial score (nSPS) is 18.0. The van der Waals surface area contributed by atoms with Gasteiger partial charge in [-0.15, -0.1) is 34.9 Å². The number of carbonyl (C=O) groups excluding carboxylic acids is 1. The Morgan fingerprint density at radius 2 is 2.29 bits per heavy atom. The number of carbonyl (C=O) groups is 2. The molecule has 0 saturated carbocycles. The largest absolute Gasteiger partial charge is 0.477 e. The predicted molar refractivity (Wildman–Crippen MR) is 111 cm³/mol. The minimum Gasteiger partial charge on any atom is -0.477 e. The fraction of sp³-hybridized carbons (Fsp3) is 0.211. The lowest BCUT2D eigenvalue weighted by molar-refractivity contribution is -0.136. The van der Waals surface area contributed by atoms with E-state index in [1.54, 1.807) is 34.7 Å². The van der Waals surface area contributed by atoms with Crippen LogP contribution in [0.25, 0.3) is 10.4 Å². The van der Waals surface area contributed by atoms with Gasteiger partial charge < -0.3 is 15.2 Å². The molecule has 0 fully saturated rings. The average Bonchev–Trinajstić information content (AvgIpc) is 3.00. The highest BCUT2D eigenvalue weighted by atomic mass is 32.2. The Labute approximate surface area is 174 Å². The monoisotopic (exact) mass is 432 g/mol. The van der Waals surface area contributed by atoms with Gasteiger partial charge in [0.1, 0.15) is 10.7 Å². The number of fused-ring (bicyclic) bond motifs is 3. The smallest absolute Gasteiger partial charge is 0.352 e. The zero-order valence-electron chi connectivity index (χ0n) is 14.8. The molecule has 2 N–H and O–H groups in total. The molecule has 4 heterocycles. The quantitative estimate of drug-likeness (QED) is 0.708. The van der Waals surface area contributed by atoms with Crippen LogP contribution in [0.2, 0.25) is 0 Å². The summed E-state index contributed by atoms with van der Waals surface area (Å²) in [4.78, 5) is 30.3. The number of aromatic nitrogens is 1. The molecule has 1 unspecified atom stereocenters. The first kappa shape index (κ1) is 19.1. The summed E-state index contributed by atoms with van der Waals surface area (Å²) in [5.41, 5.74) is 2.88. The second-order valence-electron chi connectivity index (χ2n) is 6.11. The summed E-state index contributed by atoms with van der Waals surface area (Å²) >= 11 is 4.74. The summed E-state index contributed by atoms with van der Waals surface area (Å²) in [6, 6.07) is 6.20. The zero-order valence-corrected chi connectivity index (χ0v) is 17.2. The third-order valence-electron chi connectivity index (χ3n) is 4.36. The van der Waals surface area contributed by atoms with Crippen molar-refractivity contribution >= 4 is 46.8 Å². The molecular formula is C19H16N2O4S3. The van der Waals surface area contributed by atoms with Gasteiger partial charge >= 0.3 is 11.9 Å². The van der Waals surface area contributed by atoms with E-state index in [1.807, 2.05) is 6.07 Å². The first-order valence-electron chi connectivity index (χ1n) is 8.40. The number of methoxy groups -OCH3 is 1. The van der Waals surface area contributed by atoms with Crippen molar-refractivity contribution in [1.82, 2.24) is 10.3 Å². The van der Waals surface area contributed by atoms with Gasteiger partial charge in [0, 0.05) is 44.1 Å². The van der Waals surface area contributed by atoms with E-state index in [4.69, 9.17) is 4.74 Å². The number of nitrogens with one attached hydrogen (secondary N) is 1. The number of carboxylic acids is 1. The first-order valence-corrected chi connectivity index (χ1v) is 11.1. The molecular weight excluding hydrogens is 416 g/mol. The molecule has 2 aromatic rings. The van der Waals surface area contributed by atoms with E-state index in [0.717, 1.165) is 21.2 Å². The average molecular weight is 433 g/mol. The number of thiophene rings is 1. The number of pyridine rings is 1. The summed E-state index contributed by atoms with van der Waals surface area (Å²) < 4.78 is 4.90. The van der Waals surface area contributed by atoms with E-state index in [9.17, 15) is 14.7 Å². The number of carboxylic acid groups (broad SMARTS) is 1. The lowest BCUT2D eigenvalue weighted by atomic mass is 10.1. The standard InChI is InChI=1S/C19H16N2O4S3/c1-25-19(24)13-7-21-14(18(22)23)9-26-15(13)6-11-5-10-8-27-17-12(16(10)28-11)3-2-4-20-17/h2-5,7,9,15,21H,6,8H2,1H3,(H,22,23). The van der Waals surface area contributed by atoms with E-state index < -0.39 is 11.9 Å². The molecule has 1 atom stereocenters. The summed E-state index contributed by atoms with van der Waals surface area (Å²) in [6.45, 7) is 0. The number of thioether (sulfide) groups is 2. The van der Waals surface area contributed by atoms with Crippen LogP contribution in [0.3, 0.4) is 0 Å². The van der Waals surface area contributed by atoms with Gasteiger partial charge in [-0.25, -0.2) is 14.6 Å². The van der Waals surface area contributed by atoms with Crippen LogP contribution in [0.5, 0.6) is 0 Å². The van der Waals surface area contributed by atoms with Crippen LogP contribution in [0, 0.1) is 0 Å². The van der Waals surface area contributed by atoms with Crippen molar-refractivity contribution in [3.63, 3.8) is 0 Å². The van der Waals surface area contributed by atoms with Crippen molar-refractivity contribution in [1.29, 1.82) is 0 Å². The second-order valence-corrected chi connectivity index (χ2v) is 9.29. The van der Waals surface area contributed by atoms with Crippen LogP contribution >= 0.6 is 34.9 Å². The summed E-state index contributed by atoms with van der Waals surface area (Å²) in [5.74, 6) is -0.657. The van der Waals surface area contributed by atoms with Crippen LogP contribution in [0.4, 0.5) is 0 Å². The molecule has 0 radical (unpaired) electrons. The molecule has 2 aliphatic rings. The fourth-order valence-electron chi connectivity index (χ4n) is 3.01. The van der Waals surface area contributed by atoms with Gasteiger partial charge in [-0.3, -0.25) is 0 Å². The van der Waals surface area contributed by atoms with Crippen LogP contribution in [0.15, 0.2) is 52.3 Å². The van der Waals surface area contributed by atoms with Crippen LogP contribution in [-0.4, -0.2) is 34.4 Å². The number of nitrogens with zero attached hydrogens (tertiary/aromatic N) is 1. The van der Waals surface area contributed by atoms with Crippen molar-refractivity contribution < 1.29 is 19.4 Å². The molecule has 144 valence electrons. The molecule has 0 saturated heterocycles. The molecule has 6 nitrogen and oxygen atoms in total. The van der Waals surface area contributed by atoms with Crippen LogP contribution in [0.1, 0.15) is 10.4 Å². The lowest BCUT2D eigenvalue weighted by Gasteiger charge is -2.14. The van der Waals surface area contributed by atoms with E-state index in [2.05, 4.69) is 22.4 Å². The SMILES string of the molecule is COC(=O)C1=CNC(C(=O)O)=CSC1Cc1cc2c(s1)-c1cccnc1SC2. The Hall–Kier alpha value is -2.23. The van der Waals surface area contributed by atoms with Gasteiger partial charge in [-0.05, 0) is 30.2 Å². The third-order valence-corrected chi connectivity index (χ3v) is 7.77. The number of hydrogen-bond acceptors (Lipinski definition) is 8. The fourth-order valence-corrected chi connectivity index (χ4v) is 6.56. The highest BCUT2D eigenvalue weighted by molar-refractivity contribution is 8.03. The molecule has 4 rings (SSSR count). The lowest BCUT2D eigenvalue weighted by Crippen LogP contribution is -2.20. The van der Waals surface area contributed by atoms with Crippen molar-refractivity contribution in [2.75, 3.05) is 7.11 Å². The number of ether oxygens (including phenoxy) is 1. The molecule has 0 spiro atoms. The highest BCUT2D eigenvalue weighted by Crippen LogP contribution is 2.45. The van der Waals surface area contributed by atoms with Crippen molar-refractivity contribution in [2.24, 2.45) is 0 Å². The van der Waals surface area contributed by atoms with E-state index in [0.29, 0.717) is 12.0 Å². The molecule has 2 aliphatic heterocycles. The van der Waals surface area contributed by atoms with Crippen LogP contribution < -0.4 is 5.32 Å². The Kier molecular flexibility index (Phi) is 5.47. The van der Waals surface area contributed by atoms with E-state index in [-0.39, 0.29) is 10.9 Å². The van der Waals surface area contributed by atoms with Gasteiger partial charge in [-0.1, -0.05) is 0 Å². The maximum Gasteiger partial charge on any atom is 0.352 e. The van der Waals surface area contributed by atoms with Gasteiger partial charge in [-0.2, -0.15) is 0 Å². The molecule has 0 bridgehead atoms. The maximum absolute atomic E-state index is 12.2. The number of hydrogen-bond donors (Lipinski definition) is 2. The van der Waals surface area contributed by atoms with Crippen molar-refractivity contribution in [2.45, 2.75) is 22.4 Å². The van der Waals surface area contributed by atoms with Crippen molar-refractivity contribution in [3.05, 3.63) is 57.7 Å². The topological polar surface area (TPSA) is 88.5 Å². The first-order chi connectivity index (χ1) is 13.6. The van der Waals surface area contributed by atoms with Gasteiger partial charge in [0.2, 0.25) is 0 Å². The molecule has 0 aliphatic carbocycles. The summed E-state index contributed by atoms with van der Waals surface area (Å²) in [7, 11) is 1.33. The second kappa shape index (κ2) is 8.02. The minimum atomic E-state index is -1.07. The van der Waals surface area contributed by atoms with E-state index in [1.165, 1.54) is 35.5 Å². The minimum absolute atomic E-state index is 0.0378. The van der Waals surface area contributed by atoms with Crippen LogP contribution in [-0.2, 0) is 26.5 Å². The molecule has 28 heavy (non-hydrogen) atoms. The maximum atomic E-state index is 12.2. The van der Waals surface area contributed by atoms with Gasteiger partial charge in [0.05, 0.1) is 12.7 Å². The third kappa shape index (κ3) is 3.69. The zero-order chi connectivity index (χ0) is 19.7. The molecule has 9 heteroatoms. The summed E-state index contributed by atoms with van der Waals surface area (Å²) in [6.07, 6.45) is 3.86. The molecule has 0 aromatic carbocycles. The van der Waals surface area contributed by atoms with Gasteiger partial charge in [0.15, 0.2) is 0 Å². The Bertz CT molecular complexity index is 1010. The number of rotatable bonds is 4. The molecule has 0 amide bonds. The van der Waals surface area contributed by atoms with Crippen molar-refractivity contribution in [3.8, 4) is 10.4 Å². The van der Waals surface area contributed by atoms with E-state index >= 15 is 0 Å². The summed E-state index contributed by atoms with van der Waals surface area (Å²) in [5, 5.41) is 14.3. The van der Waals surface area contributed by atoms with Gasteiger partial charge in [0.25, 0.3) is 0 Å². The molecule has 2 aromatic heterocycles. The number of aliphatic carboxylic acids is 1. The Balaban J connectivity index is 1.64. The Morgan fingerprint density at radius 3 is 3.07 bits per heavy atom. The predicted octanol–water partition coefficient (Wildman–Crippen LogP) is 3.65. The highest BCUT2D eigenvalue weighted by Gasteiger charge is 2.28.